The fourth-order valence-electron chi connectivity index (χ4n) is 3.73. The van der Waals surface area contributed by atoms with Crippen molar-refractivity contribution in [2.75, 3.05) is 11.1 Å². The number of carbonyl (C=O) groups excluding carboxylic acids is 2. The molecule has 0 radical (unpaired) electrons. The molecule has 0 bridgehead atoms. The molecule has 130 valence electrons. The molecule has 0 aliphatic carbocycles. The van der Waals surface area contributed by atoms with Crippen molar-refractivity contribution in [1.29, 1.82) is 5.26 Å². The van der Waals surface area contributed by atoms with Crippen LogP contribution < -0.4 is 5.32 Å². The second kappa shape index (κ2) is 6.50. The lowest BCUT2D eigenvalue weighted by Gasteiger charge is -2.34. The molecule has 0 aromatic heterocycles. The first-order valence-electron chi connectivity index (χ1n) is 8.47. The number of carbonyl (C=O) groups is 2. The molecule has 0 saturated carbocycles. The number of fused-ring (bicyclic) bond motifs is 1. The van der Waals surface area contributed by atoms with Crippen LogP contribution in [0.1, 0.15) is 24.0 Å². The lowest BCUT2D eigenvalue weighted by molar-refractivity contribution is -0.136. The molecule has 2 aromatic rings. The predicted molar refractivity (Wildman–Crippen MR) is 100 cm³/mol. The zero-order valence-corrected chi connectivity index (χ0v) is 14.8. The quantitative estimate of drug-likeness (QED) is 0.909. The number of amides is 2. The van der Waals surface area contributed by atoms with Gasteiger partial charge in [0.2, 0.25) is 11.8 Å². The van der Waals surface area contributed by atoms with Gasteiger partial charge >= 0.3 is 0 Å². The van der Waals surface area contributed by atoms with Crippen molar-refractivity contribution >= 4 is 29.3 Å². The minimum Gasteiger partial charge on any atom is -0.324 e. The highest BCUT2D eigenvalue weighted by atomic mass is 32.2. The van der Waals surface area contributed by atoms with Gasteiger partial charge in [-0.25, -0.2) is 0 Å². The van der Waals surface area contributed by atoms with Gasteiger partial charge in [-0.05, 0) is 30.2 Å². The molecule has 2 aliphatic heterocycles. The SMILES string of the molecule is N#Cc1cccc(NC(=O)[C@H]2CS[C@@]3(c4ccccc4)CCC(=O)N23)c1. The van der Waals surface area contributed by atoms with Crippen molar-refractivity contribution in [3.05, 3.63) is 65.7 Å². The van der Waals surface area contributed by atoms with Gasteiger partial charge in [0.1, 0.15) is 10.9 Å². The van der Waals surface area contributed by atoms with Crippen molar-refractivity contribution in [2.45, 2.75) is 23.8 Å². The van der Waals surface area contributed by atoms with Crippen molar-refractivity contribution in [3.8, 4) is 6.07 Å². The summed E-state index contributed by atoms with van der Waals surface area (Å²) in [7, 11) is 0. The van der Waals surface area contributed by atoms with E-state index in [4.69, 9.17) is 5.26 Å². The van der Waals surface area contributed by atoms with Crippen LogP contribution in [0.5, 0.6) is 0 Å². The van der Waals surface area contributed by atoms with Gasteiger partial charge in [0, 0.05) is 17.9 Å². The van der Waals surface area contributed by atoms with Crippen LogP contribution in [0.15, 0.2) is 54.6 Å². The maximum atomic E-state index is 12.9. The molecule has 1 N–H and O–H groups in total. The van der Waals surface area contributed by atoms with Crippen molar-refractivity contribution in [1.82, 2.24) is 4.90 Å². The highest BCUT2D eigenvalue weighted by Crippen LogP contribution is 2.54. The van der Waals surface area contributed by atoms with Crippen molar-refractivity contribution in [3.63, 3.8) is 0 Å². The first-order valence-corrected chi connectivity index (χ1v) is 9.45. The van der Waals surface area contributed by atoms with E-state index in [9.17, 15) is 9.59 Å². The lowest BCUT2D eigenvalue weighted by Crippen LogP contribution is -2.48. The minimum atomic E-state index is -0.513. The molecule has 2 aliphatic rings. The number of hydrogen-bond acceptors (Lipinski definition) is 4. The van der Waals surface area contributed by atoms with E-state index in [1.807, 2.05) is 30.3 Å². The largest absolute Gasteiger partial charge is 0.324 e. The van der Waals surface area contributed by atoms with E-state index in [-0.39, 0.29) is 11.8 Å². The van der Waals surface area contributed by atoms with E-state index in [1.165, 1.54) is 0 Å². The standard InChI is InChI=1S/C20H17N3O2S/c21-12-14-5-4-8-16(11-14)22-19(25)17-13-26-20(10-9-18(24)23(17)20)15-6-2-1-3-7-15/h1-8,11,17H,9-10,13H2,(H,22,25)/t17-,20-/m1/s1. The number of anilines is 1. The van der Waals surface area contributed by atoms with Gasteiger partial charge in [-0.2, -0.15) is 5.26 Å². The number of benzene rings is 2. The summed E-state index contributed by atoms with van der Waals surface area (Å²) < 4.78 is 0. The highest BCUT2D eigenvalue weighted by Gasteiger charge is 2.56. The third-order valence-corrected chi connectivity index (χ3v) is 6.51. The second-order valence-corrected chi connectivity index (χ2v) is 7.72. The summed E-state index contributed by atoms with van der Waals surface area (Å²) >= 11 is 1.66. The number of rotatable bonds is 3. The van der Waals surface area contributed by atoms with Crippen molar-refractivity contribution < 1.29 is 9.59 Å². The molecular formula is C20H17N3O2S. The van der Waals surface area contributed by atoms with Crippen LogP contribution in [0.4, 0.5) is 5.69 Å². The Morgan fingerprint density at radius 1 is 1.23 bits per heavy atom. The normalized spacial score (nSPS) is 24.2. The summed E-state index contributed by atoms with van der Waals surface area (Å²) in [6.45, 7) is 0. The zero-order chi connectivity index (χ0) is 18.1. The summed E-state index contributed by atoms with van der Waals surface area (Å²) in [5, 5.41) is 11.9. The lowest BCUT2D eigenvalue weighted by atomic mass is 10.0. The van der Waals surface area contributed by atoms with Crippen LogP contribution in [0.3, 0.4) is 0 Å². The summed E-state index contributed by atoms with van der Waals surface area (Å²) in [6.07, 6.45) is 1.17. The molecule has 0 spiro atoms. The van der Waals surface area contributed by atoms with Crippen LogP contribution in [0, 0.1) is 11.3 Å². The van der Waals surface area contributed by atoms with Gasteiger partial charge in [0.25, 0.3) is 0 Å². The van der Waals surface area contributed by atoms with Crippen LogP contribution in [-0.4, -0.2) is 28.5 Å². The predicted octanol–water partition coefficient (Wildman–Crippen LogP) is 3.09. The summed E-state index contributed by atoms with van der Waals surface area (Å²) in [4.78, 5) is 26.8. The average molecular weight is 363 g/mol. The molecule has 5 nitrogen and oxygen atoms in total. The number of nitrogens with one attached hydrogen (secondary N) is 1. The summed E-state index contributed by atoms with van der Waals surface area (Å²) in [6, 6.07) is 18.3. The fraction of sp³-hybridized carbons (Fsp3) is 0.250. The average Bonchev–Trinajstić information content (AvgIpc) is 3.22. The summed E-state index contributed by atoms with van der Waals surface area (Å²) in [5.41, 5.74) is 2.13. The molecule has 2 amide bonds. The Kier molecular flexibility index (Phi) is 4.17. The van der Waals surface area contributed by atoms with Gasteiger partial charge in [-0.3, -0.25) is 9.59 Å². The number of nitriles is 1. The molecular weight excluding hydrogens is 346 g/mol. The Morgan fingerprint density at radius 2 is 2.04 bits per heavy atom. The minimum absolute atomic E-state index is 0.0183. The molecule has 2 aromatic carbocycles. The number of thioether (sulfide) groups is 1. The first-order chi connectivity index (χ1) is 12.6. The van der Waals surface area contributed by atoms with E-state index in [0.717, 1.165) is 5.56 Å². The monoisotopic (exact) mass is 363 g/mol. The fourth-order valence-corrected chi connectivity index (χ4v) is 5.38. The van der Waals surface area contributed by atoms with Gasteiger partial charge in [-0.1, -0.05) is 36.4 Å². The van der Waals surface area contributed by atoms with E-state index in [1.54, 1.807) is 40.9 Å². The Hall–Kier alpha value is -2.78. The van der Waals surface area contributed by atoms with Gasteiger partial charge in [0.15, 0.2) is 0 Å². The van der Waals surface area contributed by atoms with Crippen LogP contribution in [0.2, 0.25) is 0 Å². The van der Waals surface area contributed by atoms with Crippen LogP contribution in [0.25, 0.3) is 0 Å². The molecule has 0 unspecified atom stereocenters. The number of hydrogen-bond donors (Lipinski definition) is 1. The van der Waals surface area contributed by atoms with Gasteiger partial charge < -0.3 is 10.2 Å². The Balaban J connectivity index is 1.61. The molecule has 6 heteroatoms. The maximum absolute atomic E-state index is 12.9. The topological polar surface area (TPSA) is 73.2 Å². The smallest absolute Gasteiger partial charge is 0.248 e. The Labute approximate surface area is 156 Å². The maximum Gasteiger partial charge on any atom is 0.248 e. The Bertz CT molecular complexity index is 909. The molecule has 2 atom stereocenters. The van der Waals surface area contributed by atoms with Crippen LogP contribution >= 0.6 is 11.8 Å². The van der Waals surface area contributed by atoms with E-state index in [0.29, 0.717) is 29.8 Å². The molecule has 2 heterocycles. The van der Waals surface area contributed by atoms with Gasteiger partial charge in [-0.15, -0.1) is 11.8 Å². The van der Waals surface area contributed by atoms with E-state index < -0.39 is 10.9 Å². The van der Waals surface area contributed by atoms with E-state index >= 15 is 0 Å². The van der Waals surface area contributed by atoms with Crippen molar-refractivity contribution in [2.24, 2.45) is 0 Å². The molecule has 26 heavy (non-hydrogen) atoms. The zero-order valence-electron chi connectivity index (χ0n) is 14.0. The van der Waals surface area contributed by atoms with Crippen LogP contribution in [-0.2, 0) is 14.5 Å². The Morgan fingerprint density at radius 3 is 2.81 bits per heavy atom. The molecule has 2 fully saturated rings. The number of nitrogens with zero attached hydrogens (tertiary/aromatic N) is 2. The third kappa shape index (κ3) is 2.65. The van der Waals surface area contributed by atoms with E-state index in [2.05, 4.69) is 11.4 Å². The summed E-state index contributed by atoms with van der Waals surface area (Å²) in [5.74, 6) is 0.371. The second-order valence-electron chi connectivity index (χ2n) is 6.42. The third-order valence-electron chi connectivity index (χ3n) is 4.91. The first kappa shape index (κ1) is 16.7. The molecule has 2 saturated heterocycles. The van der Waals surface area contributed by atoms with Gasteiger partial charge in [0.05, 0.1) is 11.6 Å². The highest BCUT2D eigenvalue weighted by molar-refractivity contribution is 8.00. The molecule has 4 rings (SSSR count).